The van der Waals surface area contributed by atoms with Crippen LogP contribution >= 0.6 is 0 Å². The van der Waals surface area contributed by atoms with Gasteiger partial charge < -0.3 is 9.88 Å². The Morgan fingerprint density at radius 1 is 1.13 bits per heavy atom. The fourth-order valence-electron chi connectivity index (χ4n) is 3.70. The molecular weight excluding hydrogens is 402 g/mol. The lowest BCUT2D eigenvalue weighted by Gasteiger charge is -2.17. The number of carbonyl (C=O) groups excluding carboxylic acids is 1. The maximum absolute atomic E-state index is 14.6. The summed E-state index contributed by atoms with van der Waals surface area (Å²) in [5, 5.41) is 6.94. The molecule has 0 fully saturated rings. The molecule has 0 aliphatic rings. The van der Waals surface area contributed by atoms with Crippen LogP contribution in [0, 0.1) is 18.6 Å². The number of fused-ring (bicyclic) bond motifs is 1. The Morgan fingerprint density at radius 2 is 1.90 bits per heavy atom. The molecule has 31 heavy (non-hydrogen) atoms. The number of carbonyl (C=O) groups is 1. The summed E-state index contributed by atoms with van der Waals surface area (Å²) < 4.78 is 31.1. The summed E-state index contributed by atoms with van der Waals surface area (Å²) in [6, 6.07) is 10.1. The number of amides is 1. The summed E-state index contributed by atoms with van der Waals surface area (Å²) in [5.41, 5.74) is 1.42. The van der Waals surface area contributed by atoms with Crippen molar-refractivity contribution in [1.29, 1.82) is 0 Å². The van der Waals surface area contributed by atoms with E-state index in [1.165, 1.54) is 28.8 Å². The molecule has 2 aromatic carbocycles. The van der Waals surface area contributed by atoms with Crippen LogP contribution in [0.5, 0.6) is 0 Å². The Kier molecular flexibility index (Phi) is 5.37. The van der Waals surface area contributed by atoms with Crippen LogP contribution < -0.4 is 10.9 Å². The van der Waals surface area contributed by atoms with E-state index in [2.05, 4.69) is 10.4 Å². The lowest BCUT2D eigenvalue weighted by molar-refractivity contribution is 0.0951. The highest BCUT2D eigenvalue weighted by Crippen LogP contribution is 2.22. The van der Waals surface area contributed by atoms with Gasteiger partial charge in [-0.25, -0.2) is 8.78 Å². The van der Waals surface area contributed by atoms with Crippen molar-refractivity contribution in [2.45, 2.75) is 20.0 Å². The first kappa shape index (κ1) is 20.5. The van der Waals surface area contributed by atoms with Crippen LogP contribution in [-0.4, -0.2) is 20.3 Å². The average Bonchev–Trinajstić information content (AvgIpc) is 3.14. The zero-order chi connectivity index (χ0) is 22.1. The molecule has 158 valence electrons. The highest BCUT2D eigenvalue weighted by atomic mass is 19.1. The summed E-state index contributed by atoms with van der Waals surface area (Å²) >= 11 is 0. The Balaban J connectivity index is 1.80. The third-order valence-electron chi connectivity index (χ3n) is 5.18. The SMILES string of the molecule is Cc1c(C(=O)NCc2cccc(F)c2)c2cccc(F)c2c(=O)n1Cc1cnn(C)c1. The van der Waals surface area contributed by atoms with Gasteiger partial charge in [-0.3, -0.25) is 14.3 Å². The van der Waals surface area contributed by atoms with E-state index in [4.69, 9.17) is 0 Å². The highest BCUT2D eigenvalue weighted by Gasteiger charge is 2.21. The zero-order valence-corrected chi connectivity index (χ0v) is 17.0. The Labute approximate surface area is 176 Å². The van der Waals surface area contributed by atoms with E-state index in [0.717, 1.165) is 5.56 Å². The van der Waals surface area contributed by atoms with Crippen molar-refractivity contribution in [1.82, 2.24) is 19.7 Å². The van der Waals surface area contributed by atoms with E-state index in [9.17, 15) is 18.4 Å². The second-order valence-electron chi connectivity index (χ2n) is 7.35. The number of hydrogen-bond donors (Lipinski definition) is 1. The van der Waals surface area contributed by atoms with E-state index >= 15 is 0 Å². The molecule has 2 heterocycles. The molecule has 8 heteroatoms. The van der Waals surface area contributed by atoms with E-state index in [0.29, 0.717) is 11.3 Å². The second kappa shape index (κ2) is 8.14. The number of pyridine rings is 1. The minimum absolute atomic E-state index is 0.0918. The Bertz CT molecular complexity index is 1360. The minimum atomic E-state index is -0.693. The maximum atomic E-state index is 14.6. The minimum Gasteiger partial charge on any atom is -0.348 e. The predicted octanol–water partition coefficient (Wildman–Crippen LogP) is 3.30. The number of nitrogens with one attached hydrogen (secondary N) is 1. The number of aryl methyl sites for hydroxylation is 1. The van der Waals surface area contributed by atoms with Gasteiger partial charge >= 0.3 is 0 Å². The third-order valence-corrected chi connectivity index (χ3v) is 5.18. The molecule has 0 bridgehead atoms. The fraction of sp³-hybridized carbons (Fsp3) is 0.174. The molecule has 0 unspecified atom stereocenters. The fourth-order valence-corrected chi connectivity index (χ4v) is 3.70. The van der Waals surface area contributed by atoms with Gasteiger partial charge in [-0.2, -0.15) is 5.10 Å². The summed E-state index contributed by atoms with van der Waals surface area (Å²) in [6.45, 7) is 1.89. The molecule has 0 atom stereocenters. The normalized spacial score (nSPS) is 11.1. The molecular formula is C23H20F2N4O2. The molecule has 4 rings (SSSR count). The largest absolute Gasteiger partial charge is 0.348 e. The van der Waals surface area contributed by atoms with E-state index in [1.54, 1.807) is 49.2 Å². The smallest absolute Gasteiger partial charge is 0.261 e. The highest BCUT2D eigenvalue weighted by molar-refractivity contribution is 6.07. The quantitative estimate of drug-likeness (QED) is 0.537. The molecule has 2 aromatic heterocycles. The monoisotopic (exact) mass is 422 g/mol. The molecule has 6 nitrogen and oxygen atoms in total. The van der Waals surface area contributed by atoms with Crippen molar-refractivity contribution in [3.8, 4) is 0 Å². The first-order chi connectivity index (χ1) is 14.8. The van der Waals surface area contributed by atoms with Gasteiger partial charge in [0.1, 0.15) is 11.6 Å². The lowest BCUT2D eigenvalue weighted by atomic mass is 10.0. The van der Waals surface area contributed by atoms with Crippen LogP contribution in [0.3, 0.4) is 0 Å². The van der Waals surface area contributed by atoms with E-state index < -0.39 is 23.1 Å². The maximum Gasteiger partial charge on any atom is 0.261 e. The Morgan fingerprint density at radius 3 is 2.61 bits per heavy atom. The van der Waals surface area contributed by atoms with Crippen molar-refractivity contribution < 1.29 is 13.6 Å². The van der Waals surface area contributed by atoms with Gasteiger partial charge in [-0.15, -0.1) is 0 Å². The standard InChI is InChI=1S/C23H20F2N4O2/c1-14-20(22(30)26-10-15-5-3-6-17(24)9-15)18-7-4-8-19(25)21(18)23(31)29(14)13-16-11-27-28(2)12-16/h3-9,11-12H,10,13H2,1-2H3,(H,26,30). The van der Waals surface area contributed by atoms with Gasteiger partial charge in [-0.05, 0) is 30.7 Å². The summed E-state index contributed by atoms with van der Waals surface area (Å²) in [4.78, 5) is 26.2. The first-order valence-electron chi connectivity index (χ1n) is 9.67. The number of aromatic nitrogens is 3. The summed E-state index contributed by atoms with van der Waals surface area (Å²) in [7, 11) is 1.75. The van der Waals surface area contributed by atoms with E-state index in [1.807, 2.05) is 0 Å². The van der Waals surface area contributed by atoms with Crippen LogP contribution in [0.15, 0.2) is 59.7 Å². The van der Waals surface area contributed by atoms with Crippen LogP contribution in [-0.2, 0) is 20.1 Å². The van der Waals surface area contributed by atoms with Crippen molar-refractivity contribution in [3.05, 3.63) is 99.2 Å². The van der Waals surface area contributed by atoms with Crippen LogP contribution in [0.4, 0.5) is 8.78 Å². The van der Waals surface area contributed by atoms with E-state index in [-0.39, 0.29) is 29.4 Å². The Hall–Kier alpha value is -3.81. The van der Waals surface area contributed by atoms with Gasteiger partial charge in [-0.1, -0.05) is 24.3 Å². The molecule has 0 aliphatic heterocycles. The van der Waals surface area contributed by atoms with Crippen LogP contribution in [0.2, 0.25) is 0 Å². The lowest BCUT2D eigenvalue weighted by Crippen LogP contribution is -2.31. The van der Waals surface area contributed by atoms with Gasteiger partial charge in [0.2, 0.25) is 0 Å². The van der Waals surface area contributed by atoms with Gasteiger partial charge in [0, 0.05) is 36.4 Å². The first-order valence-corrected chi connectivity index (χ1v) is 9.67. The van der Waals surface area contributed by atoms with Crippen LogP contribution in [0.1, 0.15) is 27.2 Å². The number of rotatable bonds is 5. The van der Waals surface area contributed by atoms with Crippen molar-refractivity contribution in [3.63, 3.8) is 0 Å². The van der Waals surface area contributed by atoms with Gasteiger partial charge in [0.15, 0.2) is 0 Å². The molecule has 0 saturated carbocycles. The van der Waals surface area contributed by atoms with Crippen LogP contribution in [0.25, 0.3) is 10.8 Å². The topological polar surface area (TPSA) is 68.9 Å². The number of hydrogen-bond acceptors (Lipinski definition) is 3. The van der Waals surface area contributed by atoms with Gasteiger partial charge in [0.25, 0.3) is 11.5 Å². The second-order valence-corrected chi connectivity index (χ2v) is 7.35. The molecule has 1 N–H and O–H groups in total. The molecule has 0 radical (unpaired) electrons. The molecule has 0 aliphatic carbocycles. The molecule has 4 aromatic rings. The number of halogens is 2. The average molecular weight is 422 g/mol. The third kappa shape index (κ3) is 3.96. The van der Waals surface area contributed by atoms with Crippen molar-refractivity contribution in [2.24, 2.45) is 7.05 Å². The predicted molar refractivity (Wildman–Crippen MR) is 113 cm³/mol. The number of nitrogens with zero attached hydrogens (tertiary/aromatic N) is 3. The van der Waals surface area contributed by atoms with Crippen molar-refractivity contribution >= 4 is 16.7 Å². The molecule has 1 amide bonds. The summed E-state index contributed by atoms with van der Waals surface area (Å²) in [5.74, 6) is -1.57. The van der Waals surface area contributed by atoms with Crippen molar-refractivity contribution in [2.75, 3.05) is 0 Å². The van der Waals surface area contributed by atoms with Gasteiger partial charge in [0.05, 0.1) is 23.7 Å². The molecule has 0 saturated heterocycles. The zero-order valence-electron chi connectivity index (χ0n) is 17.0. The number of benzene rings is 2. The molecule has 0 spiro atoms. The summed E-state index contributed by atoms with van der Waals surface area (Å²) in [6.07, 6.45) is 3.36.